The Morgan fingerprint density at radius 3 is 2.88 bits per heavy atom. The van der Waals surface area contributed by atoms with Crippen molar-refractivity contribution in [2.45, 2.75) is 12.5 Å². The Morgan fingerprint density at radius 2 is 2.29 bits per heavy atom. The molecule has 0 aliphatic heterocycles. The summed E-state index contributed by atoms with van der Waals surface area (Å²) in [5.74, 6) is 0. The van der Waals surface area contributed by atoms with Crippen LogP contribution in [-0.2, 0) is 13.5 Å². The third-order valence-corrected chi connectivity index (χ3v) is 3.07. The SMILES string of the molecule is CNC(Cc1cncc(Br)c1)c1ccn(C)n1. The zero-order valence-corrected chi connectivity index (χ0v) is 11.5. The molecule has 0 bridgehead atoms. The Morgan fingerprint density at radius 1 is 1.47 bits per heavy atom. The highest BCUT2D eigenvalue weighted by molar-refractivity contribution is 9.10. The molecule has 90 valence electrons. The van der Waals surface area contributed by atoms with E-state index in [4.69, 9.17) is 0 Å². The first-order valence-corrected chi connectivity index (χ1v) is 6.24. The van der Waals surface area contributed by atoms with Gasteiger partial charge in [-0.05, 0) is 47.1 Å². The van der Waals surface area contributed by atoms with Crippen molar-refractivity contribution >= 4 is 15.9 Å². The van der Waals surface area contributed by atoms with Gasteiger partial charge in [0.1, 0.15) is 0 Å². The van der Waals surface area contributed by atoms with Crippen LogP contribution < -0.4 is 5.32 Å². The highest BCUT2D eigenvalue weighted by atomic mass is 79.9. The molecule has 2 aromatic rings. The van der Waals surface area contributed by atoms with E-state index < -0.39 is 0 Å². The van der Waals surface area contributed by atoms with Crippen molar-refractivity contribution in [1.82, 2.24) is 20.1 Å². The summed E-state index contributed by atoms with van der Waals surface area (Å²) in [6.45, 7) is 0. The van der Waals surface area contributed by atoms with E-state index in [0.29, 0.717) is 0 Å². The molecule has 2 aromatic heterocycles. The third kappa shape index (κ3) is 3.14. The Kier molecular flexibility index (Phi) is 3.91. The highest BCUT2D eigenvalue weighted by Crippen LogP contribution is 2.18. The zero-order valence-electron chi connectivity index (χ0n) is 9.89. The number of hydrogen-bond acceptors (Lipinski definition) is 3. The third-order valence-electron chi connectivity index (χ3n) is 2.64. The predicted octanol–water partition coefficient (Wildman–Crippen LogP) is 2.08. The summed E-state index contributed by atoms with van der Waals surface area (Å²) in [6.07, 6.45) is 6.51. The van der Waals surface area contributed by atoms with Crippen LogP contribution in [0.5, 0.6) is 0 Å². The Bertz CT molecular complexity index is 495. The lowest BCUT2D eigenvalue weighted by atomic mass is 10.1. The van der Waals surface area contributed by atoms with Crippen LogP contribution in [0.3, 0.4) is 0 Å². The molecule has 5 heteroatoms. The van der Waals surface area contributed by atoms with Gasteiger partial charge in [0.25, 0.3) is 0 Å². The molecule has 2 rings (SSSR count). The Labute approximate surface area is 109 Å². The van der Waals surface area contributed by atoms with E-state index in [1.165, 1.54) is 5.56 Å². The zero-order chi connectivity index (χ0) is 12.3. The van der Waals surface area contributed by atoms with Gasteiger partial charge in [-0.25, -0.2) is 0 Å². The summed E-state index contributed by atoms with van der Waals surface area (Å²) < 4.78 is 2.82. The van der Waals surface area contributed by atoms with Gasteiger partial charge in [-0.2, -0.15) is 5.10 Å². The van der Waals surface area contributed by atoms with E-state index in [9.17, 15) is 0 Å². The van der Waals surface area contributed by atoms with Crippen LogP contribution in [0.2, 0.25) is 0 Å². The molecule has 0 saturated carbocycles. The van der Waals surface area contributed by atoms with Crippen LogP contribution >= 0.6 is 15.9 Å². The van der Waals surface area contributed by atoms with Gasteiger partial charge >= 0.3 is 0 Å². The fourth-order valence-corrected chi connectivity index (χ4v) is 2.19. The molecule has 0 aliphatic rings. The maximum atomic E-state index is 4.42. The van der Waals surface area contributed by atoms with E-state index in [2.05, 4.69) is 37.4 Å². The van der Waals surface area contributed by atoms with E-state index in [1.807, 2.05) is 37.2 Å². The van der Waals surface area contributed by atoms with Gasteiger partial charge in [0.2, 0.25) is 0 Å². The number of hydrogen-bond donors (Lipinski definition) is 1. The molecule has 0 aliphatic carbocycles. The lowest BCUT2D eigenvalue weighted by Crippen LogP contribution is -2.19. The van der Waals surface area contributed by atoms with Crippen molar-refractivity contribution in [2.75, 3.05) is 7.05 Å². The summed E-state index contributed by atoms with van der Waals surface area (Å²) in [5.41, 5.74) is 2.24. The van der Waals surface area contributed by atoms with Gasteiger partial charge in [0.15, 0.2) is 0 Å². The topological polar surface area (TPSA) is 42.7 Å². The van der Waals surface area contributed by atoms with Crippen molar-refractivity contribution in [3.05, 3.63) is 46.5 Å². The van der Waals surface area contributed by atoms with Crippen LogP contribution in [0.25, 0.3) is 0 Å². The first-order chi connectivity index (χ1) is 8.19. The number of likely N-dealkylation sites (N-methyl/N-ethyl adjacent to an activating group) is 1. The minimum absolute atomic E-state index is 0.215. The van der Waals surface area contributed by atoms with E-state index in [1.54, 1.807) is 6.20 Å². The number of nitrogens with one attached hydrogen (secondary N) is 1. The number of nitrogens with zero attached hydrogens (tertiary/aromatic N) is 3. The van der Waals surface area contributed by atoms with Crippen LogP contribution in [0.15, 0.2) is 35.2 Å². The monoisotopic (exact) mass is 294 g/mol. The molecule has 1 N–H and O–H groups in total. The molecule has 1 atom stereocenters. The van der Waals surface area contributed by atoms with Crippen molar-refractivity contribution in [3.63, 3.8) is 0 Å². The average Bonchev–Trinajstić information content (AvgIpc) is 2.73. The highest BCUT2D eigenvalue weighted by Gasteiger charge is 2.13. The molecule has 4 nitrogen and oxygen atoms in total. The van der Waals surface area contributed by atoms with Gasteiger partial charge in [0, 0.05) is 30.1 Å². The van der Waals surface area contributed by atoms with Crippen molar-refractivity contribution < 1.29 is 0 Å². The van der Waals surface area contributed by atoms with Crippen LogP contribution in [0.4, 0.5) is 0 Å². The first-order valence-electron chi connectivity index (χ1n) is 5.45. The van der Waals surface area contributed by atoms with Gasteiger partial charge in [-0.3, -0.25) is 9.67 Å². The standard InChI is InChI=1S/C12H15BrN4/c1-14-12(11-3-4-17(2)16-11)6-9-5-10(13)8-15-7-9/h3-5,7-8,12,14H,6H2,1-2H3. The molecule has 0 saturated heterocycles. The molecule has 17 heavy (non-hydrogen) atoms. The van der Waals surface area contributed by atoms with Crippen LogP contribution in [-0.4, -0.2) is 21.8 Å². The second-order valence-electron chi connectivity index (χ2n) is 3.97. The lowest BCUT2D eigenvalue weighted by molar-refractivity contribution is 0.562. The number of aromatic nitrogens is 3. The van der Waals surface area contributed by atoms with Gasteiger partial charge in [-0.1, -0.05) is 0 Å². The van der Waals surface area contributed by atoms with Gasteiger partial charge in [0.05, 0.1) is 11.7 Å². The maximum Gasteiger partial charge on any atom is 0.0797 e. The maximum absolute atomic E-state index is 4.42. The molecule has 0 fully saturated rings. The fraction of sp³-hybridized carbons (Fsp3) is 0.333. The minimum Gasteiger partial charge on any atom is -0.311 e. The fourth-order valence-electron chi connectivity index (χ4n) is 1.78. The van der Waals surface area contributed by atoms with Gasteiger partial charge < -0.3 is 5.32 Å². The second kappa shape index (κ2) is 5.42. The molecule has 1 unspecified atom stereocenters. The number of rotatable bonds is 4. The van der Waals surface area contributed by atoms with E-state index in [-0.39, 0.29) is 6.04 Å². The normalized spacial score (nSPS) is 12.6. The molecule has 0 amide bonds. The van der Waals surface area contributed by atoms with Crippen LogP contribution in [0, 0.1) is 0 Å². The average molecular weight is 295 g/mol. The summed E-state index contributed by atoms with van der Waals surface area (Å²) in [5, 5.41) is 7.70. The molecule has 0 spiro atoms. The second-order valence-corrected chi connectivity index (χ2v) is 4.89. The quantitative estimate of drug-likeness (QED) is 0.939. The molecule has 0 aromatic carbocycles. The van der Waals surface area contributed by atoms with Crippen molar-refractivity contribution in [1.29, 1.82) is 0 Å². The van der Waals surface area contributed by atoms with E-state index >= 15 is 0 Å². The smallest absolute Gasteiger partial charge is 0.0797 e. The van der Waals surface area contributed by atoms with Crippen molar-refractivity contribution in [2.24, 2.45) is 7.05 Å². The molecule has 2 heterocycles. The summed E-state index contributed by atoms with van der Waals surface area (Å²) in [4.78, 5) is 4.17. The first kappa shape index (κ1) is 12.3. The van der Waals surface area contributed by atoms with Crippen LogP contribution in [0.1, 0.15) is 17.3 Å². The predicted molar refractivity (Wildman–Crippen MR) is 70.6 cm³/mol. The molecule has 0 radical (unpaired) electrons. The summed E-state index contributed by atoms with van der Waals surface area (Å²) in [6, 6.07) is 4.33. The Hall–Kier alpha value is -1.20. The summed E-state index contributed by atoms with van der Waals surface area (Å²) >= 11 is 3.43. The number of halogens is 1. The largest absolute Gasteiger partial charge is 0.311 e. The Balaban J connectivity index is 2.15. The number of aryl methyl sites for hydroxylation is 1. The minimum atomic E-state index is 0.215. The van der Waals surface area contributed by atoms with Crippen molar-refractivity contribution in [3.8, 4) is 0 Å². The van der Waals surface area contributed by atoms with E-state index in [0.717, 1.165) is 16.6 Å². The number of pyridine rings is 1. The molecular formula is C12H15BrN4. The van der Waals surface area contributed by atoms with Gasteiger partial charge in [-0.15, -0.1) is 0 Å². The summed E-state index contributed by atoms with van der Waals surface area (Å²) in [7, 11) is 3.88. The lowest BCUT2D eigenvalue weighted by Gasteiger charge is -2.13. The molecular weight excluding hydrogens is 280 g/mol.